The summed E-state index contributed by atoms with van der Waals surface area (Å²) in [6.07, 6.45) is 5.18. The molecule has 3 atom stereocenters. The summed E-state index contributed by atoms with van der Waals surface area (Å²) < 4.78 is 13.1. The van der Waals surface area contributed by atoms with E-state index in [1.54, 1.807) is 4.90 Å². The molecule has 3 rings (SSSR count). The number of hydrogen-bond acceptors (Lipinski definition) is 3. The van der Waals surface area contributed by atoms with Crippen LogP contribution in [0.2, 0.25) is 0 Å². The van der Waals surface area contributed by atoms with E-state index in [-0.39, 0.29) is 47.5 Å². The van der Waals surface area contributed by atoms with Crippen molar-refractivity contribution in [2.75, 3.05) is 13.1 Å². The lowest BCUT2D eigenvalue weighted by molar-refractivity contribution is -0.138. The average molecular weight is 418 g/mol. The molecule has 1 saturated carbocycles. The Morgan fingerprint density at radius 2 is 1.60 bits per heavy atom. The molecule has 30 heavy (non-hydrogen) atoms. The Kier molecular flexibility index (Phi) is 7.45. The van der Waals surface area contributed by atoms with Crippen LogP contribution in [0.3, 0.4) is 0 Å². The Labute approximate surface area is 177 Å². The largest absolute Gasteiger partial charge is 0.351 e. The van der Waals surface area contributed by atoms with Crippen LogP contribution in [0.25, 0.3) is 0 Å². The van der Waals surface area contributed by atoms with Gasteiger partial charge in [-0.2, -0.15) is 0 Å². The van der Waals surface area contributed by atoms with Gasteiger partial charge in [0.2, 0.25) is 11.8 Å². The molecule has 2 aliphatic rings. The number of likely N-dealkylation sites (tertiary alicyclic amines) is 1. The number of piperidine rings is 1. The highest BCUT2D eigenvalue weighted by Gasteiger charge is 2.33. The van der Waals surface area contributed by atoms with Gasteiger partial charge in [0.1, 0.15) is 5.82 Å². The zero-order chi connectivity index (χ0) is 21.7. The van der Waals surface area contributed by atoms with Crippen LogP contribution in [0.15, 0.2) is 24.3 Å². The number of hydrogen-bond donors (Lipinski definition) is 2. The van der Waals surface area contributed by atoms with Crippen LogP contribution in [0.5, 0.6) is 0 Å². The molecule has 1 saturated heterocycles. The highest BCUT2D eigenvalue weighted by atomic mass is 19.1. The quantitative estimate of drug-likeness (QED) is 0.773. The Bertz CT molecular complexity index is 765. The van der Waals surface area contributed by atoms with Crippen LogP contribution in [0, 0.1) is 17.7 Å². The molecule has 1 heterocycles. The molecule has 6 nitrogen and oxygen atoms in total. The molecule has 0 bridgehead atoms. The zero-order valence-electron chi connectivity index (χ0n) is 17.8. The smallest absolute Gasteiger partial charge is 0.251 e. The lowest BCUT2D eigenvalue weighted by Crippen LogP contribution is -2.55. The fourth-order valence-electron chi connectivity index (χ4n) is 4.39. The van der Waals surface area contributed by atoms with Crippen molar-refractivity contribution in [3.05, 3.63) is 35.6 Å². The van der Waals surface area contributed by atoms with Gasteiger partial charge in [-0.25, -0.2) is 4.39 Å². The van der Waals surface area contributed by atoms with E-state index in [4.69, 9.17) is 0 Å². The van der Waals surface area contributed by atoms with Crippen molar-refractivity contribution in [2.45, 2.75) is 64.5 Å². The van der Waals surface area contributed by atoms with Crippen molar-refractivity contribution in [1.82, 2.24) is 15.5 Å². The van der Waals surface area contributed by atoms with E-state index < -0.39 is 0 Å². The minimum absolute atomic E-state index is 0.0378. The fraction of sp³-hybridized carbons (Fsp3) is 0.609. The zero-order valence-corrected chi connectivity index (χ0v) is 17.8. The standard InChI is InChI=1S/C23H32FN3O3/c1-15(2)23(30)27-13-5-6-17(14-27)22(29)26-20-8-4-3-7-19(20)25-21(28)16-9-11-18(24)12-10-16/h9-12,15,17,19-20H,3-8,13-14H2,1-2H3,(H,25,28)(H,26,29)/t17-,19-,20-/m1/s1. The van der Waals surface area contributed by atoms with Gasteiger partial charge in [0.05, 0.1) is 5.92 Å². The first-order chi connectivity index (χ1) is 14.3. The highest BCUT2D eigenvalue weighted by molar-refractivity contribution is 5.94. The van der Waals surface area contributed by atoms with Gasteiger partial charge >= 0.3 is 0 Å². The van der Waals surface area contributed by atoms with Gasteiger partial charge in [0.15, 0.2) is 0 Å². The number of carbonyl (C=O) groups excluding carboxylic acids is 3. The molecule has 1 aliphatic carbocycles. The fourth-order valence-corrected chi connectivity index (χ4v) is 4.39. The molecule has 2 N–H and O–H groups in total. The van der Waals surface area contributed by atoms with E-state index in [0.29, 0.717) is 18.7 Å². The van der Waals surface area contributed by atoms with Gasteiger partial charge < -0.3 is 15.5 Å². The Balaban J connectivity index is 1.59. The van der Waals surface area contributed by atoms with Crippen molar-refractivity contribution in [2.24, 2.45) is 11.8 Å². The van der Waals surface area contributed by atoms with Gasteiger partial charge in [0, 0.05) is 36.7 Å². The van der Waals surface area contributed by atoms with E-state index in [2.05, 4.69) is 10.6 Å². The van der Waals surface area contributed by atoms with Crippen LogP contribution in [0.1, 0.15) is 62.7 Å². The van der Waals surface area contributed by atoms with Crippen molar-refractivity contribution < 1.29 is 18.8 Å². The van der Waals surface area contributed by atoms with E-state index in [1.807, 2.05) is 13.8 Å². The molecule has 0 spiro atoms. The first-order valence-electron chi connectivity index (χ1n) is 11.0. The number of amides is 3. The third kappa shape index (κ3) is 5.58. The Morgan fingerprint density at radius 3 is 2.23 bits per heavy atom. The van der Waals surface area contributed by atoms with Gasteiger partial charge in [-0.1, -0.05) is 26.7 Å². The third-order valence-corrected chi connectivity index (χ3v) is 6.11. The number of carbonyl (C=O) groups is 3. The molecular formula is C23H32FN3O3. The summed E-state index contributed by atoms with van der Waals surface area (Å²) in [5.41, 5.74) is 0.405. The highest BCUT2D eigenvalue weighted by Crippen LogP contribution is 2.22. The Hall–Kier alpha value is -2.44. The van der Waals surface area contributed by atoms with Crippen molar-refractivity contribution in [3.8, 4) is 0 Å². The Morgan fingerprint density at radius 1 is 0.967 bits per heavy atom. The summed E-state index contributed by atoms with van der Waals surface area (Å²) in [6.45, 7) is 4.92. The second-order valence-electron chi connectivity index (χ2n) is 8.76. The van der Waals surface area contributed by atoms with Crippen LogP contribution in [-0.2, 0) is 9.59 Å². The number of nitrogens with one attached hydrogen (secondary N) is 2. The molecule has 0 radical (unpaired) electrons. The minimum atomic E-state index is -0.383. The predicted octanol–water partition coefficient (Wildman–Crippen LogP) is 2.88. The number of nitrogens with zero attached hydrogens (tertiary/aromatic N) is 1. The lowest BCUT2D eigenvalue weighted by Gasteiger charge is -2.36. The molecule has 0 unspecified atom stereocenters. The maximum Gasteiger partial charge on any atom is 0.251 e. The monoisotopic (exact) mass is 417 g/mol. The van der Waals surface area contributed by atoms with E-state index in [1.165, 1.54) is 24.3 Å². The van der Waals surface area contributed by atoms with Gasteiger partial charge in [-0.15, -0.1) is 0 Å². The van der Waals surface area contributed by atoms with Crippen molar-refractivity contribution in [1.29, 1.82) is 0 Å². The van der Waals surface area contributed by atoms with Gasteiger partial charge in [-0.3, -0.25) is 14.4 Å². The summed E-state index contributed by atoms with van der Waals surface area (Å²) >= 11 is 0. The summed E-state index contributed by atoms with van der Waals surface area (Å²) in [5, 5.41) is 6.16. The van der Waals surface area contributed by atoms with Gasteiger partial charge in [0.25, 0.3) is 5.91 Å². The SMILES string of the molecule is CC(C)C(=O)N1CCC[C@@H](C(=O)N[C@@H]2CCCC[C@H]2NC(=O)c2ccc(F)cc2)C1. The summed E-state index contributed by atoms with van der Waals surface area (Å²) in [4.78, 5) is 39.6. The molecule has 7 heteroatoms. The second-order valence-corrected chi connectivity index (χ2v) is 8.76. The van der Waals surface area contributed by atoms with Crippen molar-refractivity contribution in [3.63, 3.8) is 0 Å². The van der Waals surface area contributed by atoms with E-state index in [9.17, 15) is 18.8 Å². The molecule has 3 amide bonds. The number of benzene rings is 1. The molecule has 164 valence electrons. The molecule has 0 aromatic heterocycles. The summed E-state index contributed by atoms with van der Waals surface area (Å²) in [5.74, 6) is -0.869. The van der Waals surface area contributed by atoms with Crippen LogP contribution in [0.4, 0.5) is 4.39 Å². The molecule has 2 fully saturated rings. The van der Waals surface area contributed by atoms with Gasteiger partial charge in [-0.05, 0) is 49.9 Å². The van der Waals surface area contributed by atoms with Crippen LogP contribution in [-0.4, -0.2) is 47.8 Å². The summed E-state index contributed by atoms with van der Waals surface area (Å²) in [7, 11) is 0. The normalized spacial score (nSPS) is 24.4. The first-order valence-corrected chi connectivity index (χ1v) is 11.0. The molecule has 1 aliphatic heterocycles. The van der Waals surface area contributed by atoms with Crippen LogP contribution < -0.4 is 10.6 Å². The predicted molar refractivity (Wildman–Crippen MR) is 112 cm³/mol. The number of rotatable bonds is 5. The van der Waals surface area contributed by atoms with Crippen molar-refractivity contribution >= 4 is 17.7 Å². The maximum absolute atomic E-state index is 13.1. The summed E-state index contributed by atoms with van der Waals surface area (Å²) in [6, 6.07) is 5.17. The second kappa shape index (κ2) is 10.0. The lowest BCUT2D eigenvalue weighted by atomic mass is 9.88. The topological polar surface area (TPSA) is 78.5 Å². The maximum atomic E-state index is 13.1. The molecular weight excluding hydrogens is 385 g/mol. The molecule has 1 aromatic rings. The van der Waals surface area contributed by atoms with E-state index in [0.717, 1.165) is 38.5 Å². The third-order valence-electron chi connectivity index (χ3n) is 6.11. The number of halogens is 1. The molecule has 1 aromatic carbocycles. The average Bonchev–Trinajstić information content (AvgIpc) is 2.75. The van der Waals surface area contributed by atoms with Crippen LogP contribution >= 0.6 is 0 Å². The van der Waals surface area contributed by atoms with E-state index >= 15 is 0 Å². The minimum Gasteiger partial charge on any atom is -0.351 e. The first kappa shape index (κ1) is 22.2.